The zero-order chi connectivity index (χ0) is 11.4. The molecule has 3 nitrogen and oxygen atoms in total. The van der Waals surface area contributed by atoms with Crippen LogP contribution in [0.4, 0.5) is 14.5 Å². The maximum atomic E-state index is 12.9. The molecule has 0 amide bonds. The van der Waals surface area contributed by atoms with Crippen LogP contribution in [0.25, 0.3) is 0 Å². The van der Waals surface area contributed by atoms with Crippen LogP contribution in [0.3, 0.4) is 0 Å². The molecule has 0 radical (unpaired) electrons. The van der Waals surface area contributed by atoms with Crippen LogP contribution in [0.15, 0.2) is 16.6 Å². The first-order chi connectivity index (χ1) is 7.04. The second kappa shape index (κ2) is 5.39. The molecule has 0 saturated heterocycles. The summed E-state index contributed by atoms with van der Waals surface area (Å²) in [5.41, 5.74) is 0.327. The number of aliphatic hydroxyl groups excluding tert-OH is 2. The van der Waals surface area contributed by atoms with Crippen LogP contribution < -0.4 is 5.32 Å². The molecule has 0 fully saturated rings. The molecule has 0 saturated carbocycles. The standard InChI is InChI=1S/C9H10BrF2NO2/c10-7-1-5(2-8(11)9(7)12)13-3-6(15)4-14/h1-2,6,13-15H,3-4H2. The third kappa shape index (κ3) is 3.40. The number of hydrogen-bond donors (Lipinski definition) is 3. The van der Waals surface area contributed by atoms with Crippen molar-refractivity contribution >= 4 is 21.6 Å². The molecule has 6 heteroatoms. The molecule has 1 unspecified atom stereocenters. The van der Waals surface area contributed by atoms with Crippen molar-refractivity contribution in [3.05, 3.63) is 28.2 Å². The second-order valence-corrected chi connectivity index (χ2v) is 3.83. The molecular weight excluding hydrogens is 272 g/mol. The topological polar surface area (TPSA) is 52.5 Å². The number of anilines is 1. The van der Waals surface area contributed by atoms with E-state index >= 15 is 0 Å². The Labute approximate surface area is 93.9 Å². The fourth-order valence-corrected chi connectivity index (χ4v) is 1.39. The van der Waals surface area contributed by atoms with Crippen LogP contribution >= 0.6 is 15.9 Å². The van der Waals surface area contributed by atoms with Crippen molar-refractivity contribution in [1.29, 1.82) is 0 Å². The van der Waals surface area contributed by atoms with Gasteiger partial charge >= 0.3 is 0 Å². The summed E-state index contributed by atoms with van der Waals surface area (Å²) in [7, 11) is 0. The number of benzene rings is 1. The van der Waals surface area contributed by atoms with Gasteiger partial charge in [-0.1, -0.05) is 0 Å². The summed E-state index contributed by atoms with van der Waals surface area (Å²) in [6, 6.07) is 2.33. The average Bonchev–Trinajstić information content (AvgIpc) is 2.22. The maximum Gasteiger partial charge on any atom is 0.173 e. The van der Waals surface area contributed by atoms with Gasteiger partial charge in [-0.25, -0.2) is 8.78 Å². The molecule has 0 aliphatic rings. The van der Waals surface area contributed by atoms with Gasteiger partial charge in [-0.3, -0.25) is 0 Å². The van der Waals surface area contributed by atoms with Crippen molar-refractivity contribution in [2.45, 2.75) is 6.10 Å². The molecule has 0 aromatic heterocycles. The Bertz CT molecular complexity index is 326. The normalized spacial score (nSPS) is 12.6. The van der Waals surface area contributed by atoms with Crippen LogP contribution in [0, 0.1) is 11.6 Å². The zero-order valence-electron chi connectivity index (χ0n) is 7.67. The van der Waals surface area contributed by atoms with E-state index in [1.807, 2.05) is 0 Å². The first kappa shape index (κ1) is 12.4. The first-order valence-corrected chi connectivity index (χ1v) is 5.01. The van der Waals surface area contributed by atoms with Crippen molar-refractivity contribution in [3.63, 3.8) is 0 Å². The van der Waals surface area contributed by atoms with E-state index in [1.54, 1.807) is 0 Å². The van der Waals surface area contributed by atoms with Crippen molar-refractivity contribution in [3.8, 4) is 0 Å². The van der Waals surface area contributed by atoms with E-state index < -0.39 is 24.3 Å². The van der Waals surface area contributed by atoms with Crippen LogP contribution in [0.2, 0.25) is 0 Å². The van der Waals surface area contributed by atoms with Gasteiger partial charge in [0.15, 0.2) is 11.6 Å². The molecule has 1 aromatic rings. The number of rotatable bonds is 4. The first-order valence-electron chi connectivity index (χ1n) is 4.22. The summed E-state index contributed by atoms with van der Waals surface area (Å²) in [4.78, 5) is 0. The van der Waals surface area contributed by atoms with Crippen molar-refractivity contribution in [1.82, 2.24) is 0 Å². The van der Waals surface area contributed by atoms with E-state index in [-0.39, 0.29) is 11.0 Å². The van der Waals surface area contributed by atoms with Gasteiger partial charge in [0.25, 0.3) is 0 Å². The molecule has 3 N–H and O–H groups in total. The van der Waals surface area contributed by atoms with Crippen molar-refractivity contribution < 1.29 is 19.0 Å². The predicted octanol–water partition coefficient (Wildman–Crippen LogP) is 1.49. The Morgan fingerprint density at radius 1 is 1.40 bits per heavy atom. The number of aliphatic hydroxyl groups is 2. The van der Waals surface area contributed by atoms with Gasteiger partial charge in [-0.15, -0.1) is 0 Å². The molecule has 0 bridgehead atoms. The largest absolute Gasteiger partial charge is 0.394 e. The maximum absolute atomic E-state index is 12.9. The van der Waals surface area contributed by atoms with Crippen LogP contribution in [-0.2, 0) is 0 Å². The summed E-state index contributed by atoms with van der Waals surface area (Å²) < 4.78 is 25.7. The lowest BCUT2D eigenvalue weighted by atomic mass is 10.3. The molecule has 1 aromatic carbocycles. The van der Waals surface area contributed by atoms with Crippen molar-refractivity contribution in [2.24, 2.45) is 0 Å². The average molecular weight is 282 g/mol. The lowest BCUT2D eigenvalue weighted by molar-refractivity contribution is 0.105. The minimum atomic E-state index is -0.981. The van der Waals surface area contributed by atoms with Crippen LogP contribution in [0.5, 0.6) is 0 Å². The van der Waals surface area contributed by atoms with Gasteiger partial charge in [0.2, 0.25) is 0 Å². The van der Waals surface area contributed by atoms with Crippen LogP contribution in [0.1, 0.15) is 0 Å². The molecule has 84 valence electrons. The summed E-state index contributed by atoms with van der Waals surface area (Å²) in [5, 5.41) is 20.2. The van der Waals surface area contributed by atoms with E-state index in [0.717, 1.165) is 6.07 Å². The monoisotopic (exact) mass is 281 g/mol. The molecule has 0 aliphatic heterocycles. The van der Waals surface area contributed by atoms with E-state index in [4.69, 9.17) is 10.2 Å². The molecule has 0 heterocycles. The Kier molecular flexibility index (Phi) is 4.44. The zero-order valence-corrected chi connectivity index (χ0v) is 9.26. The second-order valence-electron chi connectivity index (χ2n) is 2.97. The van der Waals surface area contributed by atoms with E-state index in [0.29, 0.717) is 5.69 Å². The molecule has 1 rings (SSSR count). The minimum Gasteiger partial charge on any atom is -0.394 e. The SMILES string of the molecule is OCC(O)CNc1cc(F)c(F)c(Br)c1. The Hall–Kier alpha value is -0.720. The molecule has 15 heavy (non-hydrogen) atoms. The van der Waals surface area contributed by atoms with E-state index in [2.05, 4.69) is 21.2 Å². The van der Waals surface area contributed by atoms with E-state index in [9.17, 15) is 8.78 Å². The Morgan fingerprint density at radius 2 is 2.07 bits per heavy atom. The van der Waals surface area contributed by atoms with Crippen molar-refractivity contribution in [2.75, 3.05) is 18.5 Å². The Balaban J connectivity index is 2.70. The minimum absolute atomic E-state index is 0.00323. The van der Waals surface area contributed by atoms with Gasteiger partial charge in [0.05, 0.1) is 17.2 Å². The fourth-order valence-electron chi connectivity index (χ4n) is 0.958. The highest BCUT2D eigenvalue weighted by Crippen LogP contribution is 2.23. The van der Waals surface area contributed by atoms with Gasteiger partial charge in [-0.05, 0) is 22.0 Å². The lowest BCUT2D eigenvalue weighted by Gasteiger charge is -2.10. The lowest BCUT2D eigenvalue weighted by Crippen LogP contribution is -2.23. The Morgan fingerprint density at radius 3 is 2.60 bits per heavy atom. The number of hydrogen-bond acceptors (Lipinski definition) is 3. The number of nitrogens with one attached hydrogen (secondary N) is 1. The summed E-state index contributed by atoms with van der Waals surface area (Å²) in [6.07, 6.45) is -0.933. The van der Waals surface area contributed by atoms with Gasteiger partial charge in [-0.2, -0.15) is 0 Å². The summed E-state index contributed by atoms with van der Waals surface area (Å²) in [5.74, 6) is -1.94. The summed E-state index contributed by atoms with van der Waals surface area (Å²) >= 11 is 2.85. The third-order valence-corrected chi connectivity index (χ3v) is 2.31. The molecular formula is C9H10BrF2NO2. The van der Waals surface area contributed by atoms with E-state index in [1.165, 1.54) is 6.07 Å². The fraction of sp³-hybridized carbons (Fsp3) is 0.333. The highest BCUT2D eigenvalue weighted by molar-refractivity contribution is 9.10. The third-order valence-electron chi connectivity index (χ3n) is 1.74. The van der Waals surface area contributed by atoms with Gasteiger partial charge in [0, 0.05) is 18.3 Å². The number of halogens is 3. The predicted molar refractivity (Wildman–Crippen MR) is 55.6 cm³/mol. The van der Waals surface area contributed by atoms with Crippen LogP contribution in [-0.4, -0.2) is 29.5 Å². The molecule has 0 spiro atoms. The van der Waals surface area contributed by atoms with Gasteiger partial charge < -0.3 is 15.5 Å². The molecule has 1 atom stereocenters. The quantitative estimate of drug-likeness (QED) is 0.733. The summed E-state index contributed by atoms with van der Waals surface area (Å²) in [6.45, 7) is -0.328. The van der Waals surface area contributed by atoms with Gasteiger partial charge in [0.1, 0.15) is 0 Å². The molecule has 0 aliphatic carbocycles. The smallest absolute Gasteiger partial charge is 0.173 e. The highest BCUT2D eigenvalue weighted by atomic mass is 79.9. The highest BCUT2D eigenvalue weighted by Gasteiger charge is 2.09.